The van der Waals surface area contributed by atoms with Crippen LogP contribution in [0.2, 0.25) is 0 Å². The summed E-state index contributed by atoms with van der Waals surface area (Å²) in [5, 5.41) is 3.11. The molecule has 1 aromatic carbocycles. The van der Waals surface area contributed by atoms with E-state index < -0.39 is 0 Å². The number of nitrogens with one attached hydrogen (secondary N) is 1. The Kier molecular flexibility index (Phi) is 5.60. The number of hydrogen-bond donors (Lipinski definition) is 1. The summed E-state index contributed by atoms with van der Waals surface area (Å²) in [6.45, 7) is 6.34. The molecule has 0 bridgehead atoms. The standard InChI is InChI=1S/C17H26N2O/c1-3-4-12-19-13-8-7-11-16(19)17(20)18-15-10-6-5-9-14(15)2/h5-6,9-10,16H,3-4,7-8,11-13H2,1-2H3,(H,18,20). The van der Waals surface area contributed by atoms with Crippen LogP contribution in [0.3, 0.4) is 0 Å². The zero-order valence-electron chi connectivity index (χ0n) is 12.7. The van der Waals surface area contributed by atoms with Crippen molar-refractivity contribution in [3.63, 3.8) is 0 Å². The molecule has 1 N–H and O–H groups in total. The van der Waals surface area contributed by atoms with Gasteiger partial charge in [0.05, 0.1) is 6.04 Å². The summed E-state index contributed by atoms with van der Waals surface area (Å²) in [5.74, 6) is 0.162. The third-order valence-electron chi connectivity index (χ3n) is 4.12. The van der Waals surface area contributed by atoms with Crippen molar-refractivity contribution in [1.82, 2.24) is 4.90 Å². The van der Waals surface area contributed by atoms with E-state index >= 15 is 0 Å². The van der Waals surface area contributed by atoms with Crippen molar-refractivity contribution >= 4 is 11.6 Å². The summed E-state index contributed by atoms with van der Waals surface area (Å²) in [6.07, 6.45) is 5.73. The van der Waals surface area contributed by atoms with Crippen molar-refractivity contribution in [3.05, 3.63) is 29.8 Å². The highest BCUT2D eigenvalue weighted by molar-refractivity contribution is 5.95. The van der Waals surface area contributed by atoms with Gasteiger partial charge in [-0.25, -0.2) is 0 Å². The molecule has 1 amide bonds. The number of nitrogens with zero attached hydrogens (tertiary/aromatic N) is 1. The molecule has 1 atom stereocenters. The lowest BCUT2D eigenvalue weighted by molar-refractivity contribution is -0.122. The summed E-state index contributed by atoms with van der Waals surface area (Å²) < 4.78 is 0. The Morgan fingerprint density at radius 1 is 1.35 bits per heavy atom. The maximum Gasteiger partial charge on any atom is 0.241 e. The number of likely N-dealkylation sites (tertiary alicyclic amines) is 1. The van der Waals surface area contributed by atoms with Crippen LogP contribution in [0.1, 0.15) is 44.6 Å². The highest BCUT2D eigenvalue weighted by atomic mass is 16.2. The fraction of sp³-hybridized carbons (Fsp3) is 0.588. The number of aryl methyl sites for hydroxylation is 1. The van der Waals surface area contributed by atoms with Crippen molar-refractivity contribution in [2.75, 3.05) is 18.4 Å². The van der Waals surface area contributed by atoms with Gasteiger partial charge in [-0.3, -0.25) is 9.69 Å². The van der Waals surface area contributed by atoms with Crippen LogP contribution in [0.25, 0.3) is 0 Å². The van der Waals surface area contributed by atoms with Gasteiger partial charge in [-0.15, -0.1) is 0 Å². The second-order valence-corrected chi connectivity index (χ2v) is 5.71. The predicted octanol–water partition coefficient (Wildman–Crippen LogP) is 3.59. The van der Waals surface area contributed by atoms with Crippen LogP contribution < -0.4 is 5.32 Å². The van der Waals surface area contributed by atoms with Crippen molar-refractivity contribution in [2.45, 2.75) is 52.0 Å². The third kappa shape index (κ3) is 3.83. The van der Waals surface area contributed by atoms with Crippen molar-refractivity contribution < 1.29 is 4.79 Å². The molecular formula is C17H26N2O. The van der Waals surface area contributed by atoms with Gasteiger partial charge in [-0.2, -0.15) is 0 Å². The van der Waals surface area contributed by atoms with Gasteiger partial charge < -0.3 is 5.32 Å². The van der Waals surface area contributed by atoms with Gasteiger partial charge in [-0.05, 0) is 50.9 Å². The average Bonchev–Trinajstić information content (AvgIpc) is 2.47. The Morgan fingerprint density at radius 3 is 2.90 bits per heavy atom. The molecule has 110 valence electrons. The number of unbranched alkanes of at least 4 members (excludes halogenated alkanes) is 1. The molecule has 1 aromatic rings. The first kappa shape index (κ1) is 15.0. The van der Waals surface area contributed by atoms with E-state index in [1.165, 1.54) is 19.3 Å². The maximum absolute atomic E-state index is 12.5. The van der Waals surface area contributed by atoms with Crippen LogP contribution in [0, 0.1) is 6.92 Å². The quantitative estimate of drug-likeness (QED) is 0.890. The number of anilines is 1. The predicted molar refractivity (Wildman–Crippen MR) is 83.9 cm³/mol. The van der Waals surface area contributed by atoms with E-state index in [9.17, 15) is 4.79 Å². The normalized spacial score (nSPS) is 19.8. The van der Waals surface area contributed by atoms with E-state index in [0.717, 1.165) is 37.2 Å². The molecule has 1 unspecified atom stereocenters. The van der Waals surface area contributed by atoms with Gasteiger partial charge in [0.15, 0.2) is 0 Å². The van der Waals surface area contributed by atoms with Crippen LogP contribution in [0.5, 0.6) is 0 Å². The summed E-state index contributed by atoms with van der Waals surface area (Å²) in [7, 11) is 0. The van der Waals surface area contributed by atoms with Crippen molar-refractivity contribution in [2.24, 2.45) is 0 Å². The Balaban J connectivity index is 2.00. The van der Waals surface area contributed by atoms with Crippen molar-refractivity contribution in [1.29, 1.82) is 0 Å². The first-order valence-electron chi connectivity index (χ1n) is 7.83. The molecular weight excluding hydrogens is 248 g/mol. The number of amides is 1. The Labute approximate surface area is 122 Å². The number of rotatable bonds is 5. The maximum atomic E-state index is 12.5. The minimum Gasteiger partial charge on any atom is -0.324 e. The van der Waals surface area contributed by atoms with Crippen LogP contribution in [0.4, 0.5) is 5.69 Å². The van der Waals surface area contributed by atoms with E-state index in [0.29, 0.717) is 0 Å². The van der Waals surface area contributed by atoms with E-state index in [2.05, 4.69) is 17.1 Å². The zero-order chi connectivity index (χ0) is 14.4. The molecule has 1 fully saturated rings. The molecule has 20 heavy (non-hydrogen) atoms. The summed E-state index contributed by atoms with van der Waals surface area (Å²) in [6, 6.07) is 8.03. The SMILES string of the molecule is CCCCN1CCCCC1C(=O)Nc1ccccc1C. The van der Waals surface area contributed by atoms with Gasteiger partial charge in [0.2, 0.25) is 5.91 Å². The third-order valence-corrected chi connectivity index (χ3v) is 4.12. The highest BCUT2D eigenvalue weighted by Crippen LogP contribution is 2.20. The van der Waals surface area contributed by atoms with Gasteiger partial charge in [0.1, 0.15) is 0 Å². The Hall–Kier alpha value is -1.35. The lowest BCUT2D eigenvalue weighted by Gasteiger charge is -2.34. The van der Waals surface area contributed by atoms with E-state index in [1.54, 1.807) is 0 Å². The monoisotopic (exact) mass is 274 g/mol. The Bertz CT molecular complexity index is 444. The van der Waals surface area contributed by atoms with Crippen LogP contribution in [-0.4, -0.2) is 29.9 Å². The highest BCUT2D eigenvalue weighted by Gasteiger charge is 2.28. The minimum absolute atomic E-state index is 0.0508. The second-order valence-electron chi connectivity index (χ2n) is 5.71. The molecule has 0 saturated carbocycles. The van der Waals surface area contributed by atoms with Crippen LogP contribution in [0.15, 0.2) is 24.3 Å². The molecule has 1 aliphatic heterocycles. The summed E-state index contributed by atoms with van der Waals surface area (Å²) in [5.41, 5.74) is 2.07. The molecule has 0 aliphatic carbocycles. The van der Waals surface area contributed by atoms with E-state index in [-0.39, 0.29) is 11.9 Å². The molecule has 3 nitrogen and oxygen atoms in total. The van der Waals surface area contributed by atoms with Gasteiger partial charge in [-0.1, -0.05) is 38.0 Å². The second kappa shape index (κ2) is 7.44. The van der Waals surface area contributed by atoms with Gasteiger partial charge in [0.25, 0.3) is 0 Å². The lowest BCUT2D eigenvalue weighted by Crippen LogP contribution is -2.47. The van der Waals surface area contributed by atoms with Crippen LogP contribution in [-0.2, 0) is 4.79 Å². The first-order valence-corrected chi connectivity index (χ1v) is 7.83. The number of carbonyl (C=O) groups is 1. The lowest BCUT2D eigenvalue weighted by atomic mass is 10.0. The Morgan fingerprint density at radius 2 is 2.15 bits per heavy atom. The van der Waals surface area contributed by atoms with Gasteiger partial charge in [0, 0.05) is 5.69 Å². The number of benzene rings is 1. The number of carbonyl (C=O) groups excluding carboxylic acids is 1. The molecule has 0 spiro atoms. The smallest absolute Gasteiger partial charge is 0.241 e. The molecule has 2 rings (SSSR count). The molecule has 0 aromatic heterocycles. The van der Waals surface area contributed by atoms with Crippen LogP contribution >= 0.6 is 0 Å². The number of para-hydroxylation sites is 1. The van der Waals surface area contributed by atoms with E-state index in [1.807, 2.05) is 31.2 Å². The first-order chi connectivity index (χ1) is 9.72. The largest absolute Gasteiger partial charge is 0.324 e. The van der Waals surface area contributed by atoms with Crippen molar-refractivity contribution in [3.8, 4) is 0 Å². The molecule has 1 saturated heterocycles. The molecule has 1 aliphatic rings. The number of hydrogen-bond acceptors (Lipinski definition) is 2. The molecule has 1 heterocycles. The molecule has 0 radical (unpaired) electrons. The molecule has 3 heteroatoms. The topological polar surface area (TPSA) is 32.3 Å². The summed E-state index contributed by atoms with van der Waals surface area (Å²) in [4.78, 5) is 14.9. The van der Waals surface area contributed by atoms with Gasteiger partial charge >= 0.3 is 0 Å². The summed E-state index contributed by atoms with van der Waals surface area (Å²) >= 11 is 0. The number of piperidine rings is 1. The van der Waals surface area contributed by atoms with E-state index in [4.69, 9.17) is 0 Å². The average molecular weight is 274 g/mol. The minimum atomic E-state index is 0.0508. The zero-order valence-corrected chi connectivity index (χ0v) is 12.7. The fourth-order valence-electron chi connectivity index (χ4n) is 2.85. The fourth-order valence-corrected chi connectivity index (χ4v) is 2.85.